The molecule has 0 heterocycles. The SMILES string of the molecule is C=C(C(=O)c1ccccc1)c1ccccc1O. The molecule has 0 fully saturated rings. The Labute approximate surface area is 99.8 Å². The molecule has 17 heavy (non-hydrogen) atoms. The first-order valence-electron chi connectivity index (χ1n) is 5.27. The van der Waals surface area contributed by atoms with Gasteiger partial charge in [0.25, 0.3) is 0 Å². The molecule has 2 nitrogen and oxygen atoms in total. The second-order valence-corrected chi connectivity index (χ2v) is 3.69. The summed E-state index contributed by atoms with van der Waals surface area (Å²) in [7, 11) is 0. The molecule has 2 heteroatoms. The van der Waals surface area contributed by atoms with Crippen LogP contribution in [-0.4, -0.2) is 10.9 Å². The highest BCUT2D eigenvalue weighted by atomic mass is 16.3. The van der Waals surface area contributed by atoms with Crippen molar-refractivity contribution in [2.75, 3.05) is 0 Å². The van der Waals surface area contributed by atoms with Gasteiger partial charge in [0.1, 0.15) is 5.75 Å². The predicted octanol–water partition coefficient (Wildman–Crippen LogP) is 3.29. The second-order valence-electron chi connectivity index (χ2n) is 3.69. The quantitative estimate of drug-likeness (QED) is 0.641. The number of aromatic hydroxyl groups is 1. The Morgan fingerprint density at radius 3 is 2.18 bits per heavy atom. The highest BCUT2D eigenvalue weighted by Crippen LogP contribution is 2.25. The van der Waals surface area contributed by atoms with Crippen molar-refractivity contribution in [3.8, 4) is 5.75 Å². The molecule has 2 rings (SSSR count). The molecule has 0 saturated carbocycles. The fourth-order valence-corrected chi connectivity index (χ4v) is 1.61. The predicted molar refractivity (Wildman–Crippen MR) is 67.9 cm³/mol. The van der Waals surface area contributed by atoms with Gasteiger partial charge in [-0.2, -0.15) is 0 Å². The van der Waals surface area contributed by atoms with Gasteiger partial charge in [0.2, 0.25) is 0 Å². The van der Waals surface area contributed by atoms with E-state index in [1.807, 2.05) is 6.07 Å². The number of hydrogen-bond acceptors (Lipinski definition) is 2. The summed E-state index contributed by atoms with van der Waals surface area (Å²) in [5.41, 5.74) is 1.34. The number of para-hydroxylation sites is 1. The second kappa shape index (κ2) is 4.66. The van der Waals surface area contributed by atoms with Gasteiger partial charge in [0, 0.05) is 16.7 Å². The molecule has 0 bridgehead atoms. The van der Waals surface area contributed by atoms with E-state index in [4.69, 9.17) is 0 Å². The maximum Gasteiger partial charge on any atom is 0.193 e. The Hall–Kier alpha value is -2.35. The number of Topliss-reactive ketones (excluding diaryl/α,β-unsaturated/α-hetero) is 1. The molecular weight excluding hydrogens is 212 g/mol. The third-order valence-electron chi connectivity index (χ3n) is 2.54. The highest BCUT2D eigenvalue weighted by molar-refractivity contribution is 6.28. The summed E-state index contributed by atoms with van der Waals surface area (Å²) < 4.78 is 0. The van der Waals surface area contributed by atoms with Crippen molar-refractivity contribution in [3.05, 3.63) is 72.3 Å². The summed E-state index contributed by atoms with van der Waals surface area (Å²) in [5.74, 6) is -0.103. The molecule has 0 aliphatic carbocycles. The number of phenols is 1. The van der Waals surface area contributed by atoms with Crippen molar-refractivity contribution in [1.82, 2.24) is 0 Å². The maximum atomic E-state index is 12.1. The third kappa shape index (κ3) is 2.26. The van der Waals surface area contributed by atoms with Gasteiger partial charge in [-0.1, -0.05) is 55.1 Å². The number of rotatable bonds is 3. The van der Waals surface area contributed by atoms with E-state index in [9.17, 15) is 9.90 Å². The van der Waals surface area contributed by atoms with Crippen LogP contribution < -0.4 is 0 Å². The van der Waals surface area contributed by atoms with E-state index < -0.39 is 0 Å². The summed E-state index contributed by atoms with van der Waals surface area (Å²) in [6.45, 7) is 3.75. The van der Waals surface area contributed by atoms with Gasteiger partial charge in [0.15, 0.2) is 5.78 Å². The Bertz CT molecular complexity index is 556. The largest absolute Gasteiger partial charge is 0.507 e. The van der Waals surface area contributed by atoms with Crippen molar-refractivity contribution < 1.29 is 9.90 Å². The molecule has 0 aliphatic rings. The average molecular weight is 224 g/mol. The molecule has 0 aromatic heterocycles. The topological polar surface area (TPSA) is 37.3 Å². The Kier molecular flexibility index (Phi) is 3.06. The van der Waals surface area contributed by atoms with Crippen LogP contribution in [-0.2, 0) is 0 Å². The van der Waals surface area contributed by atoms with E-state index in [0.717, 1.165) is 0 Å². The number of hydrogen-bond donors (Lipinski definition) is 1. The Balaban J connectivity index is 2.34. The minimum absolute atomic E-state index is 0.0711. The van der Waals surface area contributed by atoms with Crippen molar-refractivity contribution in [2.45, 2.75) is 0 Å². The van der Waals surface area contributed by atoms with Crippen LogP contribution in [0, 0.1) is 0 Å². The van der Waals surface area contributed by atoms with Crippen LogP contribution in [0.2, 0.25) is 0 Å². The fourth-order valence-electron chi connectivity index (χ4n) is 1.61. The molecule has 0 spiro atoms. The van der Waals surface area contributed by atoms with Gasteiger partial charge in [0.05, 0.1) is 0 Å². The summed E-state index contributed by atoms with van der Waals surface area (Å²) in [4.78, 5) is 12.1. The molecule has 2 aromatic carbocycles. The van der Waals surface area contributed by atoms with Gasteiger partial charge < -0.3 is 5.11 Å². The van der Waals surface area contributed by atoms with E-state index in [1.54, 1.807) is 48.5 Å². The molecule has 0 unspecified atom stereocenters. The van der Waals surface area contributed by atoms with Crippen LogP contribution in [0.25, 0.3) is 5.57 Å². The van der Waals surface area contributed by atoms with Crippen molar-refractivity contribution in [1.29, 1.82) is 0 Å². The summed E-state index contributed by atoms with van der Waals surface area (Å²) in [6.07, 6.45) is 0. The zero-order chi connectivity index (χ0) is 12.3. The van der Waals surface area contributed by atoms with Crippen LogP contribution in [0.3, 0.4) is 0 Å². The van der Waals surface area contributed by atoms with E-state index in [-0.39, 0.29) is 11.5 Å². The van der Waals surface area contributed by atoms with E-state index in [0.29, 0.717) is 16.7 Å². The molecule has 2 aromatic rings. The minimum atomic E-state index is -0.174. The van der Waals surface area contributed by atoms with Gasteiger partial charge in [-0.15, -0.1) is 0 Å². The fraction of sp³-hybridized carbons (Fsp3) is 0. The van der Waals surface area contributed by atoms with Gasteiger partial charge >= 0.3 is 0 Å². The molecular formula is C15H12O2. The van der Waals surface area contributed by atoms with Gasteiger partial charge in [-0.05, 0) is 6.07 Å². The molecule has 0 radical (unpaired) electrons. The molecule has 0 saturated heterocycles. The van der Waals surface area contributed by atoms with Crippen LogP contribution >= 0.6 is 0 Å². The zero-order valence-corrected chi connectivity index (χ0v) is 9.26. The zero-order valence-electron chi connectivity index (χ0n) is 9.26. The van der Waals surface area contributed by atoms with E-state index >= 15 is 0 Å². The van der Waals surface area contributed by atoms with E-state index in [1.165, 1.54) is 0 Å². The average Bonchev–Trinajstić information content (AvgIpc) is 2.39. The first kappa shape index (κ1) is 11.1. The van der Waals surface area contributed by atoms with Crippen molar-refractivity contribution >= 4 is 11.4 Å². The smallest absolute Gasteiger partial charge is 0.193 e. The lowest BCUT2D eigenvalue weighted by Gasteiger charge is -2.06. The first-order valence-corrected chi connectivity index (χ1v) is 5.27. The summed E-state index contributed by atoms with van der Waals surface area (Å²) in [6, 6.07) is 15.6. The standard InChI is InChI=1S/C15H12O2/c1-11(13-9-5-6-10-14(13)16)15(17)12-7-3-2-4-8-12/h2-10,16H,1H2. The normalized spacial score (nSPS) is 9.88. The molecule has 0 atom stereocenters. The monoisotopic (exact) mass is 224 g/mol. The van der Waals surface area contributed by atoms with Crippen molar-refractivity contribution in [2.24, 2.45) is 0 Å². The van der Waals surface area contributed by atoms with Gasteiger partial charge in [-0.3, -0.25) is 4.79 Å². The number of ketones is 1. The number of carbonyl (C=O) groups excluding carboxylic acids is 1. The van der Waals surface area contributed by atoms with Crippen LogP contribution in [0.4, 0.5) is 0 Å². The lowest BCUT2D eigenvalue weighted by Crippen LogP contribution is -2.01. The van der Waals surface area contributed by atoms with Crippen LogP contribution in [0.5, 0.6) is 5.75 Å². The van der Waals surface area contributed by atoms with Crippen LogP contribution in [0.15, 0.2) is 61.2 Å². The maximum absolute atomic E-state index is 12.1. The number of benzene rings is 2. The lowest BCUT2D eigenvalue weighted by molar-refractivity contribution is 0.105. The number of allylic oxidation sites excluding steroid dienone is 1. The number of phenolic OH excluding ortho intramolecular Hbond substituents is 1. The summed E-state index contributed by atoms with van der Waals surface area (Å²) >= 11 is 0. The Morgan fingerprint density at radius 2 is 1.53 bits per heavy atom. The van der Waals surface area contributed by atoms with Crippen LogP contribution in [0.1, 0.15) is 15.9 Å². The number of carbonyl (C=O) groups is 1. The molecule has 0 amide bonds. The molecule has 1 N–H and O–H groups in total. The first-order chi connectivity index (χ1) is 8.20. The molecule has 84 valence electrons. The van der Waals surface area contributed by atoms with Crippen molar-refractivity contribution in [3.63, 3.8) is 0 Å². The van der Waals surface area contributed by atoms with E-state index in [2.05, 4.69) is 6.58 Å². The van der Waals surface area contributed by atoms with Gasteiger partial charge in [-0.25, -0.2) is 0 Å². The minimum Gasteiger partial charge on any atom is -0.507 e. The Morgan fingerprint density at radius 1 is 0.941 bits per heavy atom. The third-order valence-corrected chi connectivity index (χ3v) is 2.54. The molecule has 0 aliphatic heterocycles. The lowest BCUT2D eigenvalue weighted by atomic mass is 9.98. The summed E-state index contributed by atoms with van der Waals surface area (Å²) in [5, 5.41) is 9.66. The highest BCUT2D eigenvalue weighted by Gasteiger charge is 2.14.